The van der Waals surface area contributed by atoms with Crippen LogP contribution in [-0.2, 0) is 11.2 Å². The van der Waals surface area contributed by atoms with Crippen LogP contribution in [0.1, 0.15) is 23.7 Å². The van der Waals surface area contributed by atoms with E-state index in [9.17, 15) is 9.18 Å². The molecule has 0 radical (unpaired) electrons. The maximum absolute atomic E-state index is 13.4. The molecular formula is C16H17ClFN3OS. The number of rotatable bonds is 3. The highest BCUT2D eigenvalue weighted by Crippen LogP contribution is 2.36. The van der Waals surface area contributed by atoms with Gasteiger partial charge in [0.25, 0.3) is 0 Å². The number of halogens is 2. The molecule has 0 fully saturated rings. The van der Waals surface area contributed by atoms with Gasteiger partial charge in [-0.25, -0.2) is 4.39 Å². The first-order valence-corrected chi connectivity index (χ1v) is 8.02. The normalized spacial score (nSPS) is 16.1. The van der Waals surface area contributed by atoms with E-state index < -0.39 is 0 Å². The number of nitrogen functional groups attached to an aromatic ring is 1. The molecule has 0 spiro atoms. The van der Waals surface area contributed by atoms with Crippen molar-refractivity contribution in [3.05, 3.63) is 53.6 Å². The number of hydrogen-bond donors (Lipinski definition) is 2. The summed E-state index contributed by atoms with van der Waals surface area (Å²) in [6, 6.07) is 8.04. The van der Waals surface area contributed by atoms with Gasteiger partial charge in [0.05, 0.1) is 24.3 Å². The van der Waals surface area contributed by atoms with Crippen LogP contribution in [0.4, 0.5) is 10.1 Å². The molecule has 122 valence electrons. The molecule has 1 aliphatic rings. The van der Waals surface area contributed by atoms with E-state index in [1.807, 2.05) is 0 Å². The van der Waals surface area contributed by atoms with E-state index in [0.717, 1.165) is 22.6 Å². The summed E-state index contributed by atoms with van der Waals surface area (Å²) in [5.74, 6) is 0.508. The van der Waals surface area contributed by atoms with Gasteiger partial charge < -0.3 is 11.1 Å². The van der Waals surface area contributed by atoms with E-state index in [4.69, 9.17) is 5.73 Å². The summed E-state index contributed by atoms with van der Waals surface area (Å²) in [6.45, 7) is 0. The topological polar surface area (TPSA) is 68.0 Å². The standard InChI is InChI=1S/C16H16FN3OS.ClH/c17-10-1-4-15-13(7-10)14(5-6-22-15)20-16(21)8-12-3-2-11(18)9-19-12;/h1-4,7,9,14H,5-6,8,18H2,(H,20,21);1H. The van der Waals surface area contributed by atoms with Crippen LogP contribution < -0.4 is 11.1 Å². The molecule has 0 bridgehead atoms. The van der Waals surface area contributed by atoms with Gasteiger partial charge in [-0.2, -0.15) is 0 Å². The Labute approximate surface area is 144 Å². The highest BCUT2D eigenvalue weighted by molar-refractivity contribution is 7.99. The molecule has 1 amide bonds. The minimum atomic E-state index is -0.277. The number of nitrogens with two attached hydrogens (primary N) is 1. The molecular weight excluding hydrogens is 337 g/mol. The van der Waals surface area contributed by atoms with Crippen molar-refractivity contribution in [2.75, 3.05) is 11.5 Å². The number of hydrogen-bond acceptors (Lipinski definition) is 4. The molecule has 1 atom stereocenters. The molecule has 7 heteroatoms. The molecule has 0 saturated carbocycles. The Bertz CT molecular complexity index is 696. The number of nitrogens with zero attached hydrogens (tertiary/aromatic N) is 1. The second kappa shape index (κ2) is 7.66. The van der Waals surface area contributed by atoms with E-state index >= 15 is 0 Å². The van der Waals surface area contributed by atoms with Gasteiger partial charge in [-0.15, -0.1) is 24.2 Å². The lowest BCUT2D eigenvalue weighted by molar-refractivity contribution is -0.121. The number of aromatic nitrogens is 1. The quantitative estimate of drug-likeness (QED) is 0.889. The lowest BCUT2D eigenvalue weighted by Crippen LogP contribution is -2.32. The van der Waals surface area contributed by atoms with Crippen molar-refractivity contribution < 1.29 is 9.18 Å². The average molecular weight is 354 g/mol. The Morgan fingerprint density at radius 1 is 1.39 bits per heavy atom. The molecule has 2 heterocycles. The molecule has 1 aromatic carbocycles. The first-order chi connectivity index (χ1) is 10.6. The predicted molar refractivity (Wildman–Crippen MR) is 92.2 cm³/mol. The Kier molecular flexibility index (Phi) is 5.85. The Balaban J connectivity index is 0.00000192. The zero-order chi connectivity index (χ0) is 15.5. The van der Waals surface area contributed by atoms with Gasteiger partial charge in [0.2, 0.25) is 5.91 Å². The first kappa shape index (κ1) is 17.6. The summed E-state index contributed by atoms with van der Waals surface area (Å²) in [5, 5.41) is 2.98. The van der Waals surface area contributed by atoms with Crippen LogP contribution in [0.3, 0.4) is 0 Å². The number of carbonyl (C=O) groups excluding carboxylic acids is 1. The highest BCUT2D eigenvalue weighted by atomic mass is 35.5. The van der Waals surface area contributed by atoms with Crippen LogP contribution >= 0.6 is 24.2 Å². The molecule has 1 aliphatic heterocycles. The fourth-order valence-electron chi connectivity index (χ4n) is 2.47. The van der Waals surface area contributed by atoms with Crippen LogP contribution in [0.25, 0.3) is 0 Å². The second-order valence-electron chi connectivity index (χ2n) is 5.20. The van der Waals surface area contributed by atoms with Crippen LogP contribution in [0.15, 0.2) is 41.4 Å². The van der Waals surface area contributed by atoms with Gasteiger partial charge in [0, 0.05) is 16.3 Å². The molecule has 2 aromatic rings. The molecule has 0 aliphatic carbocycles. The summed E-state index contributed by atoms with van der Waals surface area (Å²) in [7, 11) is 0. The van der Waals surface area contributed by atoms with Crippen LogP contribution in [0.2, 0.25) is 0 Å². The van der Waals surface area contributed by atoms with Gasteiger partial charge in [-0.1, -0.05) is 0 Å². The maximum Gasteiger partial charge on any atom is 0.226 e. The predicted octanol–water partition coefficient (Wildman–Crippen LogP) is 3.12. The number of carbonyl (C=O) groups is 1. The van der Waals surface area contributed by atoms with Crippen molar-refractivity contribution >= 4 is 35.8 Å². The first-order valence-electron chi connectivity index (χ1n) is 7.04. The fourth-order valence-corrected chi connectivity index (χ4v) is 3.57. The number of amides is 1. The largest absolute Gasteiger partial charge is 0.397 e. The highest BCUT2D eigenvalue weighted by Gasteiger charge is 2.23. The monoisotopic (exact) mass is 353 g/mol. The van der Waals surface area contributed by atoms with E-state index in [-0.39, 0.29) is 36.6 Å². The van der Waals surface area contributed by atoms with Gasteiger partial charge in [0.15, 0.2) is 0 Å². The van der Waals surface area contributed by atoms with Crippen molar-refractivity contribution in [3.8, 4) is 0 Å². The molecule has 0 saturated heterocycles. The molecule has 1 unspecified atom stereocenters. The molecule has 4 nitrogen and oxygen atoms in total. The lowest BCUT2D eigenvalue weighted by Gasteiger charge is -2.26. The molecule has 23 heavy (non-hydrogen) atoms. The summed E-state index contributed by atoms with van der Waals surface area (Å²) in [4.78, 5) is 17.3. The number of fused-ring (bicyclic) bond motifs is 1. The van der Waals surface area contributed by atoms with Gasteiger partial charge in [-0.05, 0) is 42.3 Å². The van der Waals surface area contributed by atoms with Crippen LogP contribution in [-0.4, -0.2) is 16.6 Å². The van der Waals surface area contributed by atoms with E-state index in [1.165, 1.54) is 18.3 Å². The minimum absolute atomic E-state index is 0. The number of anilines is 1. The third-order valence-corrected chi connectivity index (χ3v) is 4.66. The molecule has 3 N–H and O–H groups in total. The SMILES string of the molecule is Cl.Nc1ccc(CC(=O)NC2CCSc3ccc(F)cc32)nc1. The Hall–Kier alpha value is -1.79. The summed E-state index contributed by atoms with van der Waals surface area (Å²) < 4.78 is 13.4. The van der Waals surface area contributed by atoms with Gasteiger partial charge >= 0.3 is 0 Å². The van der Waals surface area contributed by atoms with Crippen molar-refractivity contribution in [2.24, 2.45) is 0 Å². The van der Waals surface area contributed by atoms with Crippen molar-refractivity contribution in [1.82, 2.24) is 10.3 Å². The summed E-state index contributed by atoms with van der Waals surface area (Å²) >= 11 is 1.69. The third kappa shape index (κ3) is 4.36. The zero-order valence-corrected chi connectivity index (χ0v) is 13.9. The van der Waals surface area contributed by atoms with E-state index in [2.05, 4.69) is 10.3 Å². The van der Waals surface area contributed by atoms with E-state index in [1.54, 1.807) is 30.0 Å². The smallest absolute Gasteiger partial charge is 0.226 e. The zero-order valence-electron chi connectivity index (χ0n) is 12.3. The number of pyridine rings is 1. The maximum atomic E-state index is 13.4. The lowest BCUT2D eigenvalue weighted by atomic mass is 10.0. The van der Waals surface area contributed by atoms with Crippen molar-refractivity contribution in [2.45, 2.75) is 23.8 Å². The number of nitrogens with one attached hydrogen (secondary N) is 1. The third-order valence-electron chi connectivity index (χ3n) is 3.54. The van der Waals surface area contributed by atoms with Crippen LogP contribution in [0.5, 0.6) is 0 Å². The van der Waals surface area contributed by atoms with E-state index in [0.29, 0.717) is 11.4 Å². The second-order valence-corrected chi connectivity index (χ2v) is 6.34. The Morgan fingerprint density at radius 2 is 2.22 bits per heavy atom. The number of benzene rings is 1. The van der Waals surface area contributed by atoms with Crippen LogP contribution in [0, 0.1) is 5.82 Å². The summed E-state index contributed by atoms with van der Waals surface area (Å²) in [5.41, 5.74) is 7.66. The van der Waals surface area contributed by atoms with Gasteiger partial charge in [-0.3, -0.25) is 9.78 Å². The van der Waals surface area contributed by atoms with Crippen molar-refractivity contribution in [3.63, 3.8) is 0 Å². The minimum Gasteiger partial charge on any atom is -0.397 e. The molecule has 1 aromatic heterocycles. The molecule has 3 rings (SSSR count). The van der Waals surface area contributed by atoms with Crippen molar-refractivity contribution in [1.29, 1.82) is 0 Å². The number of thioether (sulfide) groups is 1. The average Bonchev–Trinajstić information content (AvgIpc) is 2.50. The summed E-state index contributed by atoms with van der Waals surface area (Å²) in [6.07, 6.45) is 2.52. The van der Waals surface area contributed by atoms with Gasteiger partial charge in [0.1, 0.15) is 5.82 Å². The Morgan fingerprint density at radius 3 is 2.96 bits per heavy atom. The fraction of sp³-hybridized carbons (Fsp3) is 0.250.